The van der Waals surface area contributed by atoms with Crippen LogP contribution in [0.5, 0.6) is 0 Å². The van der Waals surface area contributed by atoms with Gasteiger partial charge in [0.05, 0.1) is 0 Å². The van der Waals surface area contributed by atoms with Crippen LogP contribution in [0.1, 0.15) is 0 Å². The van der Waals surface area contributed by atoms with E-state index in [0.717, 1.165) is 27.6 Å². The molecule has 3 nitrogen and oxygen atoms in total. The van der Waals surface area contributed by atoms with E-state index in [4.69, 9.17) is 15.0 Å². The van der Waals surface area contributed by atoms with Gasteiger partial charge in [-0.3, -0.25) is 0 Å². The minimum atomic E-state index is 0.642. The summed E-state index contributed by atoms with van der Waals surface area (Å²) in [5.41, 5.74) is 17.0. The molecule has 0 N–H and O–H groups in total. The number of hydrogen-bond acceptors (Lipinski definition) is 3. The zero-order chi connectivity index (χ0) is 37.6. The first-order valence-electron chi connectivity index (χ1n) is 18.9. The number of fused-ring (bicyclic) bond motifs is 2. The zero-order valence-electron chi connectivity index (χ0n) is 31.9. The molecule has 9 rings (SSSR count). The monoisotopic (exact) mass is 697 g/mol. The molecule has 0 radical (unpaired) electrons. The minimum Gasteiger partial charge on any atom is -0.208 e. The second-order valence-electron chi connectivity index (χ2n) is 14.6. The standard InChI is InChI=1S/C47H36B5N3/c48-40-39(41(49)43(51)44(52)42(40)50)38-19-9-17-36-35(16-8-18-37(36)38)32-14-7-15-33(26-32)46-53-45(28-12-5-2-6-13-28)54-47(55-46)34-23-22-30-24-29(20-21-31(30)25-34)27-10-3-1-4-11-27/h1-26H,48-52H2. The van der Waals surface area contributed by atoms with Crippen molar-refractivity contribution >= 4 is 88.1 Å². The van der Waals surface area contributed by atoms with Crippen molar-refractivity contribution in [1.29, 1.82) is 0 Å². The molecule has 0 aliphatic carbocycles. The van der Waals surface area contributed by atoms with E-state index >= 15 is 0 Å². The summed E-state index contributed by atoms with van der Waals surface area (Å²) in [4.78, 5) is 15.3. The SMILES string of the molecule is Bc1c(B)c(B)c(-c2cccc3c(-c4cccc(-c5nc(-c6ccccc6)nc(-c6ccc7cc(-c8ccccc8)ccc7c6)n5)c4)cccc23)c(B)c1B. The van der Waals surface area contributed by atoms with Crippen molar-refractivity contribution in [2.24, 2.45) is 0 Å². The Balaban J connectivity index is 1.16. The fraction of sp³-hybridized carbons (Fsp3) is 0. The first-order valence-corrected chi connectivity index (χ1v) is 18.9. The van der Waals surface area contributed by atoms with E-state index in [2.05, 4.69) is 173 Å². The third-order valence-electron chi connectivity index (χ3n) is 11.5. The maximum absolute atomic E-state index is 5.14. The first kappa shape index (κ1) is 34.4. The Bertz CT molecular complexity index is 2900. The fourth-order valence-corrected chi connectivity index (χ4v) is 8.05. The molecule has 0 aliphatic rings. The molecule has 9 aromatic rings. The highest BCUT2D eigenvalue weighted by molar-refractivity contribution is 6.68. The van der Waals surface area contributed by atoms with Gasteiger partial charge in [0.1, 0.15) is 39.2 Å². The van der Waals surface area contributed by atoms with Gasteiger partial charge in [0.2, 0.25) is 0 Å². The summed E-state index contributed by atoms with van der Waals surface area (Å²) in [6.45, 7) is 0. The first-order chi connectivity index (χ1) is 26.8. The lowest BCUT2D eigenvalue weighted by Gasteiger charge is -2.22. The van der Waals surface area contributed by atoms with Crippen molar-refractivity contribution < 1.29 is 0 Å². The summed E-state index contributed by atoms with van der Waals surface area (Å²) in [5, 5.41) is 4.78. The van der Waals surface area contributed by atoms with Gasteiger partial charge < -0.3 is 0 Å². The van der Waals surface area contributed by atoms with Crippen LogP contribution in [0.2, 0.25) is 0 Å². The molecule has 0 bridgehead atoms. The van der Waals surface area contributed by atoms with E-state index in [1.165, 1.54) is 71.3 Å². The largest absolute Gasteiger partial charge is 0.208 e. The van der Waals surface area contributed by atoms with Crippen molar-refractivity contribution in [3.8, 4) is 67.5 Å². The van der Waals surface area contributed by atoms with Crippen LogP contribution < -0.4 is 27.3 Å². The molecule has 0 fully saturated rings. The summed E-state index contributed by atoms with van der Waals surface area (Å²) in [6, 6.07) is 55.8. The number of rotatable bonds is 6. The van der Waals surface area contributed by atoms with Gasteiger partial charge in [0.15, 0.2) is 17.5 Å². The molecular formula is C47H36B5N3. The minimum absolute atomic E-state index is 0.642. The van der Waals surface area contributed by atoms with Crippen LogP contribution in [0.25, 0.3) is 89.1 Å². The number of benzene rings is 8. The van der Waals surface area contributed by atoms with Crippen molar-refractivity contribution in [1.82, 2.24) is 15.0 Å². The molecule has 0 spiro atoms. The Morgan fingerprint density at radius 3 is 1.36 bits per heavy atom. The quantitative estimate of drug-likeness (QED) is 0.250. The Morgan fingerprint density at radius 2 is 0.727 bits per heavy atom. The zero-order valence-corrected chi connectivity index (χ0v) is 31.9. The lowest BCUT2D eigenvalue weighted by Crippen LogP contribution is -2.55. The second-order valence-corrected chi connectivity index (χ2v) is 14.6. The molecule has 0 amide bonds. The van der Waals surface area contributed by atoms with Gasteiger partial charge in [0, 0.05) is 16.7 Å². The molecular weight excluding hydrogens is 661 g/mol. The normalized spacial score (nSPS) is 11.3. The third kappa shape index (κ3) is 6.28. The lowest BCUT2D eigenvalue weighted by atomic mass is 9.59. The summed E-state index contributed by atoms with van der Waals surface area (Å²) in [5.74, 6) is 1.94. The highest BCUT2D eigenvalue weighted by Gasteiger charge is 2.18. The van der Waals surface area contributed by atoms with E-state index in [-0.39, 0.29) is 0 Å². The third-order valence-corrected chi connectivity index (χ3v) is 11.5. The Morgan fingerprint density at radius 1 is 0.291 bits per heavy atom. The van der Waals surface area contributed by atoms with Crippen molar-refractivity contribution in [3.05, 3.63) is 158 Å². The molecule has 0 saturated carbocycles. The summed E-state index contributed by atoms with van der Waals surface area (Å²) < 4.78 is 0. The molecule has 8 heteroatoms. The highest BCUT2D eigenvalue weighted by Crippen LogP contribution is 2.36. The van der Waals surface area contributed by atoms with E-state index < -0.39 is 0 Å². The van der Waals surface area contributed by atoms with Gasteiger partial charge in [-0.1, -0.05) is 150 Å². The molecule has 0 atom stereocenters. The summed E-state index contributed by atoms with van der Waals surface area (Å²) in [7, 11) is 11.3. The van der Waals surface area contributed by atoms with E-state index in [9.17, 15) is 0 Å². The Labute approximate surface area is 327 Å². The van der Waals surface area contributed by atoms with Crippen molar-refractivity contribution in [2.45, 2.75) is 0 Å². The molecule has 0 unspecified atom stereocenters. The number of hydrogen-bond donors (Lipinski definition) is 0. The number of aromatic nitrogens is 3. The van der Waals surface area contributed by atoms with Crippen molar-refractivity contribution in [2.75, 3.05) is 0 Å². The van der Waals surface area contributed by atoms with Gasteiger partial charge in [-0.15, -0.1) is 16.4 Å². The van der Waals surface area contributed by atoms with Crippen LogP contribution in [0.4, 0.5) is 0 Å². The molecule has 0 aliphatic heterocycles. The lowest BCUT2D eigenvalue weighted by molar-refractivity contribution is 1.07. The molecule has 55 heavy (non-hydrogen) atoms. The Kier molecular flexibility index (Phi) is 8.83. The van der Waals surface area contributed by atoms with Crippen LogP contribution >= 0.6 is 0 Å². The van der Waals surface area contributed by atoms with Gasteiger partial charge >= 0.3 is 0 Å². The Hall–Kier alpha value is -6.39. The topological polar surface area (TPSA) is 38.7 Å². The summed E-state index contributed by atoms with van der Waals surface area (Å²) in [6.07, 6.45) is 0. The van der Waals surface area contributed by atoms with Gasteiger partial charge in [-0.2, -0.15) is 0 Å². The average Bonchev–Trinajstić information content (AvgIpc) is 3.25. The van der Waals surface area contributed by atoms with Crippen molar-refractivity contribution in [3.63, 3.8) is 0 Å². The van der Waals surface area contributed by atoms with Crippen LogP contribution in [0, 0.1) is 0 Å². The predicted molar refractivity (Wildman–Crippen MR) is 248 cm³/mol. The average molecular weight is 697 g/mol. The highest BCUT2D eigenvalue weighted by atomic mass is 15.0. The maximum Gasteiger partial charge on any atom is 0.164 e. The molecule has 1 aromatic heterocycles. The molecule has 1 heterocycles. The van der Waals surface area contributed by atoms with Crippen LogP contribution in [0.3, 0.4) is 0 Å². The van der Waals surface area contributed by atoms with E-state index in [1.807, 2.05) is 24.3 Å². The van der Waals surface area contributed by atoms with Gasteiger partial charge in [-0.05, 0) is 73.1 Å². The van der Waals surface area contributed by atoms with Crippen LogP contribution in [-0.4, -0.2) is 54.2 Å². The fourth-order valence-electron chi connectivity index (χ4n) is 8.05. The van der Waals surface area contributed by atoms with Gasteiger partial charge in [0.25, 0.3) is 0 Å². The van der Waals surface area contributed by atoms with Crippen LogP contribution in [-0.2, 0) is 0 Å². The summed E-state index contributed by atoms with van der Waals surface area (Å²) >= 11 is 0. The molecule has 8 aromatic carbocycles. The second kappa shape index (κ2) is 14.1. The van der Waals surface area contributed by atoms with Gasteiger partial charge in [-0.25, -0.2) is 15.0 Å². The smallest absolute Gasteiger partial charge is 0.164 e. The van der Waals surface area contributed by atoms with Crippen LogP contribution in [0.15, 0.2) is 158 Å². The van der Waals surface area contributed by atoms with E-state index in [1.54, 1.807) is 0 Å². The number of nitrogens with zero attached hydrogens (tertiary/aromatic N) is 3. The molecule has 254 valence electrons. The predicted octanol–water partition coefficient (Wildman–Crippen LogP) is 3.47. The maximum atomic E-state index is 5.14. The molecule has 0 saturated heterocycles. The van der Waals surface area contributed by atoms with E-state index in [0.29, 0.717) is 17.5 Å².